The van der Waals surface area contributed by atoms with Crippen molar-refractivity contribution in [3.8, 4) is 0 Å². The molecule has 1 nitrogen and oxygen atoms in total. The van der Waals surface area contributed by atoms with Crippen molar-refractivity contribution in [1.29, 1.82) is 0 Å². The summed E-state index contributed by atoms with van der Waals surface area (Å²) in [5.41, 5.74) is 1.58. The second kappa shape index (κ2) is 3.63. The van der Waals surface area contributed by atoms with E-state index in [1.54, 1.807) is 13.0 Å². The van der Waals surface area contributed by atoms with Crippen LogP contribution in [0.4, 0.5) is 8.87 Å². The van der Waals surface area contributed by atoms with Crippen LogP contribution in [0, 0.1) is 12.7 Å². The maximum absolute atomic E-state index is 12.6. The fourth-order valence-electron chi connectivity index (χ4n) is 1.07. The molecule has 0 N–H and O–H groups in total. The Morgan fingerprint density at radius 3 is 2.58 bits per heavy atom. The topological polar surface area (TPSA) is 3.24 Å². The van der Waals surface area contributed by atoms with E-state index in [1.165, 1.54) is 19.2 Å². The molecule has 0 amide bonds. The Hall–Kier alpha value is -0.960. The van der Waals surface area contributed by atoms with Gasteiger partial charge < -0.3 is 0 Å². The first kappa shape index (κ1) is 9.13. The predicted molar refractivity (Wildman–Crippen MR) is 43.7 cm³/mol. The zero-order valence-corrected chi connectivity index (χ0v) is 7.14. The van der Waals surface area contributed by atoms with E-state index in [2.05, 4.69) is 0 Å². The highest BCUT2D eigenvalue weighted by molar-refractivity contribution is 5.26. The molecule has 0 aliphatic heterocycles. The minimum Gasteiger partial charge on any atom is -0.207 e. The van der Waals surface area contributed by atoms with Gasteiger partial charge in [0.15, 0.2) is 0 Å². The highest BCUT2D eigenvalue weighted by atomic mass is 19.2. The largest absolute Gasteiger partial charge is 0.207 e. The first-order valence-electron chi connectivity index (χ1n) is 3.71. The molecule has 0 bridgehead atoms. The minimum atomic E-state index is -0.280. The first-order chi connectivity index (χ1) is 5.59. The van der Waals surface area contributed by atoms with Crippen molar-refractivity contribution >= 4 is 0 Å². The van der Waals surface area contributed by atoms with Gasteiger partial charge in [-0.1, -0.05) is 6.07 Å². The summed E-state index contributed by atoms with van der Waals surface area (Å²) in [5, 5.41) is 0.570. The molecule has 0 aliphatic carbocycles. The Bertz CT molecular complexity index is 271. The number of hydrogen-bond acceptors (Lipinski definition) is 1. The van der Waals surface area contributed by atoms with Crippen molar-refractivity contribution in [3.05, 3.63) is 35.1 Å². The van der Waals surface area contributed by atoms with Gasteiger partial charge in [0, 0.05) is 7.05 Å². The molecule has 0 atom stereocenters. The van der Waals surface area contributed by atoms with E-state index in [1.807, 2.05) is 0 Å². The molecule has 12 heavy (non-hydrogen) atoms. The molecule has 0 aromatic heterocycles. The third kappa shape index (κ3) is 2.27. The average molecular weight is 171 g/mol. The molecule has 1 aromatic rings. The zero-order valence-electron chi connectivity index (χ0n) is 7.14. The van der Waals surface area contributed by atoms with Crippen molar-refractivity contribution in [2.45, 2.75) is 13.5 Å². The smallest absolute Gasteiger partial charge is 0.123 e. The summed E-state index contributed by atoms with van der Waals surface area (Å²) in [6.07, 6.45) is 0. The fourth-order valence-corrected chi connectivity index (χ4v) is 1.07. The van der Waals surface area contributed by atoms with E-state index < -0.39 is 0 Å². The molecular formula is C9H11F2N. The Balaban J connectivity index is 2.86. The lowest BCUT2D eigenvalue weighted by Gasteiger charge is -2.07. The van der Waals surface area contributed by atoms with Crippen LogP contribution in [0.5, 0.6) is 0 Å². The molecule has 0 radical (unpaired) electrons. The summed E-state index contributed by atoms with van der Waals surface area (Å²) >= 11 is 0. The van der Waals surface area contributed by atoms with Gasteiger partial charge in [-0.3, -0.25) is 0 Å². The molecule has 0 aliphatic rings. The highest BCUT2D eigenvalue weighted by Gasteiger charge is 2.02. The van der Waals surface area contributed by atoms with Crippen LogP contribution in [0.15, 0.2) is 18.2 Å². The Kier molecular flexibility index (Phi) is 2.76. The molecule has 1 rings (SSSR count). The number of rotatable bonds is 2. The lowest BCUT2D eigenvalue weighted by molar-refractivity contribution is 0.0503. The second-order valence-electron chi connectivity index (χ2n) is 2.83. The molecule has 0 heterocycles. The van der Waals surface area contributed by atoms with Gasteiger partial charge in [-0.2, -0.15) is 0 Å². The summed E-state index contributed by atoms with van der Waals surface area (Å²) in [7, 11) is 1.34. The fraction of sp³-hybridized carbons (Fsp3) is 0.333. The third-order valence-corrected chi connectivity index (χ3v) is 1.69. The maximum atomic E-state index is 12.6. The van der Waals surface area contributed by atoms with E-state index in [9.17, 15) is 8.87 Å². The third-order valence-electron chi connectivity index (χ3n) is 1.69. The van der Waals surface area contributed by atoms with Crippen LogP contribution in [0.1, 0.15) is 11.1 Å². The monoisotopic (exact) mass is 171 g/mol. The van der Waals surface area contributed by atoms with Gasteiger partial charge in [0.1, 0.15) is 5.82 Å². The minimum absolute atomic E-state index is 0.201. The van der Waals surface area contributed by atoms with Crippen LogP contribution in [0.2, 0.25) is 0 Å². The molecule has 0 fully saturated rings. The lowest BCUT2D eigenvalue weighted by atomic mass is 10.1. The van der Waals surface area contributed by atoms with E-state index in [0.29, 0.717) is 5.12 Å². The molecular weight excluding hydrogens is 160 g/mol. The molecule has 0 unspecified atom stereocenters. The van der Waals surface area contributed by atoms with E-state index in [0.717, 1.165) is 11.1 Å². The number of nitrogens with zero attached hydrogens (tertiary/aromatic N) is 1. The Morgan fingerprint density at radius 1 is 1.42 bits per heavy atom. The van der Waals surface area contributed by atoms with Gasteiger partial charge in [0.05, 0.1) is 6.54 Å². The van der Waals surface area contributed by atoms with Crippen LogP contribution >= 0.6 is 0 Å². The van der Waals surface area contributed by atoms with Crippen molar-refractivity contribution in [1.82, 2.24) is 5.12 Å². The van der Waals surface area contributed by atoms with Gasteiger partial charge in [-0.25, -0.2) is 4.39 Å². The SMILES string of the molecule is Cc1cc(F)ccc1CN(C)F. The van der Waals surface area contributed by atoms with Crippen molar-refractivity contribution < 1.29 is 8.87 Å². The van der Waals surface area contributed by atoms with Crippen LogP contribution in [0.25, 0.3) is 0 Å². The molecule has 1 aromatic carbocycles. The van der Waals surface area contributed by atoms with Crippen LogP contribution in [-0.4, -0.2) is 12.2 Å². The molecule has 66 valence electrons. The average Bonchev–Trinajstić information content (AvgIpc) is 1.94. The summed E-state index contributed by atoms with van der Waals surface area (Å²) in [4.78, 5) is 0. The Labute approximate surface area is 70.6 Å². The van der Waals surface area contributed by atoms with Gasteiger partial charge in [-0.05, 0) is 30.2 Å². The van der Waals surface area contributed by atoms with Crippen molar-refractivity contribution in [2.24, 2.45) is 0 Å². The number of aryl methyl sites for hydroxylation is 1. The zero-order chi connectivity index (χ0) is 9.14. The number of halogens is 2. The van der Waals surface area contributed by atoms with Gasteiger partial charge in [0.2, 0.25) is 0 Å². The highest BCUT2D eigenvalue weighted by Crippen LogP contribution is 2.11. The number of benzene rings is 1. The quantitative estimate of drug-likeness (QED) is 0.618. The van der Waals surface area contributed by atoms with Crippen LogP contribution in [-0.2, 0) is 6.54 Å². The second-order valence-corrected chi connectivity index (χ2v) is 2.83. The molecule has 0 spiro atoms. The van der Waals surface area contributed by atoms with Crippen molar-refractivity contribution in [2.75, 3.05) is 7.05 Å². The molecule has 3 heteroatoms. The van der Waals surface area contributed by atoms with Gasteiger partial charge in [-0.15, -0.1) is 9.60 Å². The summed E-state index contributed by atoms with van der Waals surface area (Å²) < 4.78 is 25.0. The molecule has 0 saturated carbocycles. The summed E-state index contributed by atoms with van der Waals surface area (Å²) in [6, 6.07) is 4.34. The normalized spacial score (nSPS) is 10.8. The first-order valence-corrected chi connectivity index (χ1v) is 3.71. The van der Waals surface area contributed by atoms with Gasteiger partial charge in [0.25, 0.3) is 0 Å². The van der Waals surface area contributed by atoms with Crippen molar-refractivity contribution in [3.63, 3.8) is 0 Å². The Morgan fingerprint density at radius 2 is 2.08 bits per heavy atom. The van der Waals surface area contributed by atoms with E-state index in [4.69, 9.17) is 0 Å². The summed E-state index contributed by atoms with van der Waals surface area (Å²) in [5.74, 6) is -0.280. The van der Waals surface area contributed by atoms with E-state index >= 15 is 0 Å². The van der Waals surface area contributed by atoms with Crippen LogP contribution < -0.4 is 0 Å². The predicted octanol–water partition coefficient (Wildman–Crippen LogP) is 2.45. The van der Waals surface area contributed by atoms with Crippen LogP contribution in [0.3, 0.4) is 0 Å². The van der Waals surface area contributed by atoms with E-state index in [-0.39, 0.29) is 12.4 Å². The number of hydrogen-bond donors (Lipinski definition) is 0. The standard InChI is InChI=1S/C9H11F2N/c1-7-5-9(10)4-3-8(7)6-12(2)11/h3-5H,6H2,1-2H3. The molecule has 0 saturated heterocycles. The lowest BCUT2D eigenvalue weighted by Crippen LogP contribution is -2.06. The van der Waals surface area contributed by atoms with Gasteiger partial charge >= 0.3 is 0 Å². The summed E-state index contributed by atoms with van der Waals surface area (Å²) in [6.45, 7) is 1.97. The maximum Gasteiger partial charge on any atom is 0.123 e.